The van der Waals surface area contributed by atoms with E-state index in [2.05, 4.69) is 47.6 Å². The first-order valence-corrected chi connectivity index (χ1v) is 8.67. The van der Waals surface area contributed by atoms with E-state index in [0.29, 0.717) is 12.5 Å². The van der Waals surface area contributed by atoms with Gasteiger partial charge in [-0.05, 0) is 47.0 Å². The van der Waals surface area contributed by atoms with Gasteiger partial charge in [-0.1, -0.05) is 26.0 Å². The minimum absolute atomic E-state index is 0.0691. The summed E-state index contributed by atoms with van der Waals surface area (Å²) in [5.41, 5.74) is 3.52. The average Bonchev–Trinajstić information content (AvgIpc) is 2.95. The van der Waals surface area contributed by atoms with E-state index in [0.717, 1.165) is 25.2 Å². The number of nitrogens with zero attached hydrogens (tertiary/aromatic N) is 1. The molecule has 0 aliphatic carbocycles. The summed E-state index contributed by atoms with van der Waals surface area (Å²) in [6.07, 6.45) is 1.06. The van der Waals surface area contributed by atoms with Gasteiger partial charge in [-0.3, -0.25) is 9.69 Å². The second kappa shape index (κ2) is 6.63. The quantitative estimate of drug-likeness (QED) is 0.929. The van der Waals surface area contributed by atoms with Gasteiger partial charge in [0.15, 0.2) is 0 Å². The first kappa shape index (κ1) is 15.3. The first-order chi connectivity index (χ1) is 10.6. The number of rotatable bonds is 4. The van der Waals surface area contributed by atoms with Crippen molar-refractivity contribution in [3.63, 3.8) is 0 Å². The standard InChI is InChI=1S/C18H22N2OS/c1-13(2)14-4-3-5-16(10-14)19-18(21)12-20-8-6-17-15(11-20)7-9-22-17/h3-5,7,9-10,13H,6,8,11-12H2,1-2H3,(H,19,21). The zero-order valence-electron chi connectivity index (χ0n) is 13.1. The highest BCUT2D eigenvalue weighted by Gasteiger charge is 2.19. The number of fused-ring (bicyclic) bond motifs is 1. The van der Waals surface area contributed by atoms with Gasteiger partial charge in [0.05, 0.1) is 6.54 Å². The Kier molecular flexibility index (Phi) is 4.60. The van der Waals surface area contributed by atoms with Crippen LogP contribution in [0.5, 0.6) is 0 Å². The molecule has 1 aliphatic rings. The molecule has 116 valence electrons. The maximum Gasteiger partial charge on any atom is 0.238 e. The normalized spacial score (nSPS) is 14.9. The fraction of sp³-hybridized carbons (Fsp3) is 0.389. The largest absolute Gasteiger partial charge is 0.325 e. The molecular formula is C18H22N2OS. The van der Waals surface area contributed by atoms with Crippen LogP contribution in [-0.4, -0.2) is 23.9 Å². The molecule has 0 unspecified atom stereocenters. The second-order valence-corrected chi connectivity index (χ2v) is 7.16. The molecular weight excluding hydrogens is 292 g/mol. The molecule has 2 aromatic rings. The molecule has 0 fully saturated rings. The zero-order chi connectivity index (χ0) is 15.5. The van der Waals surface area contributed by atoms with Crippen LogP contribution in [0.25, 0.3) is 0 Å². The van der Waals surface area contributed by atoms with Crippen molar-refractivity contribution in [3.05, 3.63) is 51.7 Å². The first-order valence-electron chi connectivity index (χ1n) is 7.79. The van der Waals surface area contributed by atoms with Crippen LogP contribution in [-0.2, 0) is 17.8 Å². The summed E-state index contributed by atoms with van der Waals surface area (Å²) in [5.74, 6) is 0.538. The minimum atomic E-state index is 0.0691. The predicted molar refractivity (Wildman–Crippen MR) is 92.5 cm³/mol. The molecule has 0 bridgehead atoms. The van der Waals surface area contributed by atoms with Gasteiger partial charge >= 0.3 is 0 Å². The van der Waals surface area contributed by atoms with Gasteiger partial charge in [0.1, 0.15) is 0 Å². The molecule has 2 heterocycles. The van der Waals surface area contributed by atoms with Crippen LogP contribution >= 0.6 is 11.3 Å². The van der Waals surface area contributed by atoms with Crippen molar-refractivity contribution in [1.82, 2.24) is 4.90 Å². The van der Waals surface area contributed by atoms with E-state index in [1.54, 1.807) is 0 Å². The molecule has 1 aromatic carbocycles. The molecule has 0 saturated heterocycles. The minimum Gasteiger partial charge on any atom is -0.325 e. The van der Waals surface area contributed by atoms with Crippen molar-refractivity contribution in [1.29, 1.82) is 0 Å². The molecule has 0 atom stereocenters. The summed E-state index contributed by atoms with van der Waals surface area (Å²) in [7, 11) is 0. The lowest BCUT2D eigenvalue weighted by Gasteiger charge is -2.26. The third-order valence-corrected chi connectivity index (χ3v) is 5.11. The second-order valence-electron chi connectivity index (χ2n) is 6.16. The lowest BCUT2D eigenvalue weighted by atomic mass is 10.0. The Morgan fingerprint density at radius 3 is 3.05 bits per heavy atom. The van der Waals surface area contributed by atoms with E-state index < -0.39 is 0 Å². The van der Waals surface area contributed by atoms with Crippen LogP contribution in [0.4, 0.5) is 5.69 Å². The summed E-state index contributed by atoms with van der Waals surface area (Å²) >= 11 is 1.83. The Balaban J connectivity index is 1.58. The van der Waals surface area contributed by atoms with Crippen molar-refractivity contribution in [2.24, 2.45) is 0 Å². The summed E-state index contributed by atoms with van der Waals surface area (Å²) in [5, 5.41) is 5.17. The summed E-state index contributed by atoms with van der Waals surface area (Å²) in [6, 6.07) is 10.3. The zero-order valence-corrected chi connectivity index (χ0v) is 14.0. The molecule has 1 aromatic heterocycles. The number of amides is 1. The van der Waals surface area contributed by atoms with Crippen LogP contribution < -0.4 is 5.32 Å². The predicted octanol–water partition coefficient (Wildman–Crippen LogP) is 3.87. The molecule has 1 amide bonds. The van der Waals surface area contributed by atoms with Gasteiger partial charge in [0.25, 0.3) is 0 Å². The lowest BCUT2D eigenvalue weighted by Crippen LogP contribution is -2.36. The number of hydrogen-bond donors (Lipinski definition) is 1. The van der Waals surface area contributed by atoms with Crippen LogP contribution in [0.2, 0.25) is 0 Å². The van der Waals surface area contributed by atoms with Crippen molar-refractivity contribution in [2.75, 3.05) is 18.4 Å². The molecule has 4 heteroatoms. The van der Waals surface area contributed by atoms with E-state index in [9.17, 15) is 4.79 Å². The van der Waals surface area contributed by atoms with Gasteiger partial charge in [-0.2, -0.15) is 0 Å². The Labute approximate surface area is 136 Å². The lowest BCUT2D eigenvalue weighted by molar-refractivity contribution is -0.117. The highest BCUT2D eigenvalue weighted by molar-refractivity contribution is 7.10. The average molecular weight is 314 g/mol. The van der Waals surface area contributed by atoms with Crippen molar-refractivity contribution >= 4 is 22.9 Å². The van der Waals surface area contributed by atoms with Gasteiger partial charge < -0.3 is 5.32 Å². The number of anilines is 1. The van der Waals surface area contributed by atoms with E-state index in [1.807, 2.05) is 23.5 Å². The smallest absolute Gasteiger partial charge is 0.238 e. The number of carbonyl (C=O) groups excluding carboxylic acids is 1. The van der Waals surface area contributed by atoms with Crippen LogP contribution in [0.3, 0.4) is 0 Å². The Hall–Kier alpha value is -1.65. The van der Waals surface area contributed by atoms with Crippen LogP contribution in [0, 0.1) is 0 Å². The van der Waals surface area contributed by atoms with Crippen LogP contribution in [0.15, 0.2) is 35.7 Å². The maximum absolute atomic E-state index is 12.3. The Bertz CT molecular complexity index is 663. The molecule has 22 heavy (non-hydrogen) atoms. The highest BCUT2D eigenvalue weighted by atomic mass is 32.1. The number of carbonyl (C=O) groups is 1. The summed E-state index contributed by atoms with van der Waals surface area (Å²) in [6.45, 7) is 6.63. The molecule has 0 saturated carbocycles. The number of nitrogens with one attached hydrogen (secondary N) is 1. The molecule has 1 N–H and O–H groups in total. The summed E-state index contributed by atoms with van der Waals surface area (Å²) in [4.78, 5) is 16.0. The highest BCUT2D eigenvalue weighted by Crippen LogP contribution is 2.24. The van der Waals surface area contributed by atoms with E-state index in [1.165, 1.54) is 16.0 Å². The third-order valence-electron chi connectivity index (χ3n) is 4.09. The van der Waals surface area contributed by atoms with Crippen molar-refractivity contribution < 1.29 is 4.79 Å². The number of hydrogen-bond acceptors (Lipinski definition) is 3. The van der Waals surface area contributed by atoms with Gasteiger partial charge in [0, 0.05) is 23.7 Å². The molecule has 0 radical (unpaired) electrons. The number of benzene rings is 1. The Morgan fingerprint density at radius 2 is 2.23 bits per heavy atom. The third kappa shape index (κ3) is 3.57. The molecule has 3 rings (SSSR count). The summed E-state index contributed by atoms with van der Waals surface area (Å²) < 4.78 is 0. The molecule has 3 nitrogen and oxygen atoms in total. The van der Waals surface area contributed by atoms with Crippen LogP contribution in [0.1, 0.15) is 35.8 Å². The maximum atomic E-state index is 12.3. The monoisotopic (exact) mass is 314 g/mol. The Morgan fingerprint density at radius 1 is 1.36 bits per heavy atom. The number of thiophene rings is 1. The van der Waals surface area contributed by atoms with Gasteiger partial charge in [-0.25, -0.2) is 0 Å². The molecule has 1 aliphatic heterocycles. The topological polar surface area (TPSA) is 32.3 Å². The van der Waals surface area contributed by atoms with Crippen molar-refractivity contribution in [3.8, 4) is 0 Å². The molecule has 0 spiro atoms. The fourth-order valence-corrected chi connectivity index (χ4v) is 3.71. The van der Waals surface area contributed by atoms with E-state index in [4.69, 9.17) is 0 Å². The van der Waals surface area contributed by atoms with E-state index >= 15 is 0 Å². The van der Waals surface area contributed by atoms with Gasteiger partial charge in [-0.15, -0.1) is 11.3 Å². The SMILES string of the molecule is CC(C)c1cccc(NC(=O)CN2CCc3sccc3C2)c1. The van der Waals surface area contributed by atoms with Crippen molar-refractivity contribution in [2.45, 2.75) is 32.7 Å². The van der Waals surface area contributed by atoms with E-state index in [-0.39, 0.29) is 5.91 Å². The fourth-order valence-electron chi connectivity index (χ4n) is 2.82. The van der Waals surface area contributed by atoms with Gasteiger partial charge in [0.2, 0.25) is 5.91 Å².